The van der Waals surface area contributed by atoms with Crippen LogP contribution in [0.25, 0.3) is 0 Å². The zero-order valence-corrected chi connectivity index (χ0v) is 12.6. The lowest BCUT2D eigenvalue weighted by Crippen LogP contribution is -2.45. The molecule has 7 heteroatoms. The normalized spacial score (nSPS) is 13.2. The number of nitrogens with two attached hydrogens (primary N) is 1. The number of hydrogen-bond acceptors (Lipinski definition) is 5. The number of rotatable bonds is 6. The summed E-state index contributed by atoms with van der Waals surface area (Å²) in [6.07, 6.45) is 0. The summed E-state index contributed by atoms with van der Waals surface area (Å²) in [6, 6.07) is 5.64. The van der Waals surface area contributed by atoms with Crippen molar-refractivity contribution < 1.29 is 17.9 Å². The maximum absolute atomic E-state index is 12.1. The van der Waals surface area contributed by atoms with Gasteiger partial charge in [-0.25, -0.2) is 13.1 Å². The maximum Gasteiger partial charge on any atom is 0.324 e. The summed E-state index contributed by atoms with van der Waals surface area (Å²) in [7, 11) is -2.41. The largest absolute Gasteiger partial charge is 0.468 e. The molecule has 0 aliphatic carbocycles. The van der Waals surface area contributed by atoms with Crippen molar-refractivity contribution in [2.75, 3.05) is 12.8 Å². The highest BCUT2D eigenvalue weighted by Gasteiger charge is 2.28. The van der Waals surface area contributed by atoms with Gasteiger partial charge in [-0.3, -0.25) is 4.79 Å². The number of carbonyl (C=O) groups excluding carboxylic acids is 1. The fourth-order valence-corrected chi connectivity index (χ4v) is 3.12. The Morgan fingerprint density at radius 1 is 1.30 bits per heavy atom. The lowest BCUT2D eigenvalue weighted by atomic mass is 10.1. The van der Waals surface area contributed by atoms with E-state index >= 15 is 0 Å². The van der Waals surface area contributed by atoms with Gasteiger partial charge < -0.3 is 10.5 Å². The summed E-state index contributed by atoms with van der Waals surface area (Å²) < 4.78 is 31.1. The molecule has 0 aliphatic rings. The zero-order chi connectivity index (χ0) is 15.3. The standard InChI is InChI=1S/C13H20N2O4S/c1-9(2)12(13(16)19-3)15-20(17,18)8-10-4-6-11(14)7-5-10/h4-7,9,12,15H,8,14H2,1-3H3/t12-/m0/s1. The van der Waals surface area contributed by atoms with Gasteiger partial charge in [0.15, 0.2) is 0 Å². The Bertz CT molecular complexity index is 552. The molecule has 6 nitrogen and oxygen atoms in total. The molecule has 1 rings (SSSR count). The van der Waals surface area contributed by atoms with E-state index in [2.05, 4.69) is 9.46 Å². The number of methoxy groups -OCH3 is 1. The second-order valence-corrected chi connectivity index (χ2v) is 6.62. The second kappa shape index (κ2) is 6.71. The van der Waals surface area contributed by atoms with Crippen LogP contribution in [-0.4, -0.2) is 27.5 Å². The van der Waals surface area contributed by atoms with Gasteiger partial charge in [0, 0.05) is 5.69 Å². The number of carbonyl (C=O) groups is 1. The van der Waals surface area contributed by atoms with Crippen LogP contribution < -0.4 is 10.5 Å². The van der Waals surface area contributed by atoms with E-state index in [1.54, 1.807) is 38.1 Å². The van der Waals surface area contributed by atoms with E-state index in [1.165, 1.54) is 7.11 Å². The molecule has 0 heterocycles. The molecule has 0 saturated heterocycles. The average molecular weight is 300 g/mol. The van der Waals surface area contributed by atoms with E-state index in [0.29, 0.717) is 11.3 Å². The van der Waals surface area contributed by atoms with Crippen molar-refractivity contribution in [2.24, 2.45) is 5.92 Å². The van der Waals surface area contributed by atoms with Gasteiger partial charge >= 0.3 is 5.97 Å². The van der Waals surface area contributed by atoms with E-state index in [-0.39, 0.29) is 11.7 Å². The molecule has 0 saturated carbocycles. The van der Waals surface area contributed by atoms with Crippen LogP contribution in [0.15, 0.2) is 24.3 Å². The molecule has 3 N–H and O–H groups in total. The summed E-state index contributed by atoms with van der Waals surface area (Å²) in [6.45, 7) is 3.49. The molecule has 0 fully saturated rings. The fraction of sp³-hybridized carbons (Fsp3) is 0.462. The highest BCUT2D eigenvalue weighted by molar-refractivity contribution is 7.88. The minimum absolute atomic E-state index is 0.205. The Hall–Kier alpha value is -1.60. The van der Waals surface area contributed by atoms with Gasteiger partial charge in [0.1, 0.15) is 6.04 Å². The summed E-state index contributed by atoms with van der Waals surface area (Å²) in [5, 5.41) is 0. The van der Waals surface area contributed by atoms with Crippen LogP contribution in [0.4, 0.5) is 5.69 Å². The molecule has 0 spiro atoms. The molecule has 0 aliphatic heterocycles. The molecule has 0 unspecified atom stereocenters. The number of benzene rings is 1. The Kier molecular flexibility index (Phi) is 5.52. The lowest BCUT2D eigenvalue weighted by Gasteiger charge is -2.19. The summed E-state index contributed by atoms with van der Waals surface area (Å²) in [5.74, 6) is -1.02. The Morgan fingerprint density at radius 3 is 2.30 bits per heavy atom. The van der Waals surface area contributed by atoms with E-state index in [9.17, 15) is 13.2 Å². The van der Waals surface area contributed by atoms with Crippen molar-refractivity contribution >= 4 is 21.7 Å². The van der Waals surface area contributed by atoms with Crippen LogP contribution in [0.3, 0.4) is 0 Å². The Balaban J connectivity index is 2.82. The topological polar surface area (TPSA) is 98.5 Å². The molecule has 0 bridgehead atoms. The van der Waals surface area contributed by atoms with Crippen molar-refractivity contribution in [1.29, 1.82) is 0 Å². The number of sulfonamides is 1. The minimum Gasteiger partial charge on any atom is -0.468 e. The molecule has 1 aromatic rings. The highest BCUT2D eigenvalue weighted by Crippen LogP contribution is 2.11. The second-order valence-electron chi connectivity index (χ2n) is 4.86. The molecular weight excluding hydrogens is 280 g/mol. The monoisotopic (exact) mass is 300 g/mol. The third kappa shape index (κ3) is 4.82. The number of anilines is 1. The van der Waals surface area contributed by atoms with E-state index in [4.69, 9.17) is 5.73 Å². The maximum atomic E-state index is 12.1. The number of esters is 1. The van der Waals surface area contributed by atoms with Gasteiger partial charge in [0.25, 0.3) is 0 Å². The van der Waals surface area contributed by atoms with E-state index < -0.39 is 22.0 Å². The van der Waals surface area contributed by atoms with Gasteiger partial charge in [0.2, 0.25) is 10.0 Å². The molecule has 0 aromatic heterocycles. The molecule has 1 atom stereocenters. The lowest BCUT2D eigenvalue weighted by molar-refractivity contribution is -0.143. The third-order valence-corrected chi connectivity index (χ3v) is 4.09. The van der Waals surface area contributed by atoms with Gasteiger partial charge in [-0.15, -0.1) is 0 Å². The molecule has 0 amide bonds. The minimum atomic E-state index is -3.64. The first-order valence-electron chi connectivity index (χ1n) is 6.17. The summed E-state index contributed by atoms with van der Waals surface area (Å²) >= 11 is 0. The zero-order valence-electron chi connectivity index (χ0n) is 11.8. The van der Waals surface area contributed by atoms with E-state index in [0.717, 1.165) is 0 Å². The highest BCUT2D eigenvalue weighted by atomic mass is 32.2. The van der Waals surface area contributed by atoms with Crippen LogP contribution >= 0.6 is 0 Å². The smallest absolute Gasteiger partial charge is 0.324 e. The molecular formula is C13H20N2O4S. The summed E-state index contributed by atoms with van der Waals surface area (Å²) in [4.78, 5) is 11.6. The Labute approximate surface area is 119 Å². The predicted octanol–water partition coefficient (Wildman–Crippen LogP) is 0.886. The van der Waals surface area contributed by atoms with Crippen LogP contribution in [-0.2, 0) is 25.3 Å². The number of nitrogens with one attached hydrogen (secondary N) is 1. The van der Waals surface area contributed by atoms with Gasteiger partial charge in [0.05, 0.1) is 12.9 Å². The predicted molar refractivity (Wildman–Crippen MR) is 77.3 cm³/mol. The first kappa shape index (κ1) is 16.5. The number of ether oxygens (including phenoxy) is 1. The number of nitrogen functional groups attached to an aromatic ring is 1. The third-order valence-electron chi connectivity index (χ3n) is 2.76. The Morgan fingerprint density at radius 2 is 1.85 bits per heavy atom. The SMILES string of the molecule is COC(=O)[C@@H](NS(=O)(=O)Cc1ccc(N)cc1)C(C)C. The van der Waals surface area contributed by atoms with Crippen molar-refractivity contribution in [3.05, 3.63) is 29.8 Å². The summed E-state index contributed by atoms with van der Waals surface area (Å²) in [5.41, 5.74) is 6.70. The molecule has 0 radical (unpaired) electrons. The van der Waals surface area contributed by atoms with Crippen LogP contribution in [0.1, 0.15) is 19.4 Å². The van der Waals surface area contributed by atoms with Crippen molar-refractivity contribution in [2.45, 2.75) is 25.6 Å². The van der Waals surface area contributed by atoms with Crippen molar-refractivity contribution in [3.63, 3.8) is 0 Å². The average Bonchev–Trinajstić information content (AvgIpc) is 2.37. The van der Waals surface area contributed by atoms with Crippen molar-refractivity contribution in [3.8, 4) is 0 Å². The number of hydrogen-bond donors (Lipinski definition) is 2. The quantitative estimate of drug-likeness (QED) is 0.600. The van der Waals surface area contributed by atoms with Crippen LogP contribution in [0.2, 0.25) is 0 Å². The molecule has 20 heavy (non-hydrogen) atoms. The molecule has 112 valence electrons. The van der Waals surface area contributed by atoms with Crippen LogP contribution in [0, 0.1) is 5.92 Å². The van der Waals surface area contributed by atoms with Gasteiger partial charge in [-0.1, -0.05) is 26.0 Å². The van der Waals surface area contributed by atoms with Crippen LogP contribution in [0.5, 0.6) is 0 Å². The van der Waals surface area contributed by atoms with Crippen molar-refractivity contribution in [1.82, 2.24) is 4.72 Å². The van der Waals surface area contributed by atoms with Gasteiger partial charge in [-0.05, 0) is 23.6 Å². The van der Waals surface area contributed by atoms with E-state index in [1.807, 2.05) is 0 Å². The fourth-order valence-electron chi connectivity index (χ4n) is 1.65. The first-order chi connectivity index (χ1) is 9.25. The first-order valence-corrected chi connectivity index (χ1v) is 7.82. The molecule has 1 aromatic carbocycles. The van der Waals surface area contributed by atoms with Gasteiger partial charge in [-0.2, -0.15) is 0 Å².